The van der Waals surface area contributed by atoms with Gasteiger partial charge in [0.2, 0.25) is 21.8 Å². The van der Waals surface area contributed by atoms with Gasteiger partial charge < -0.3 is 10.2 Å². The predicted octanol–water partition coefficient (Wildman–Crippen LogP) is 2.62. The molecule has 0 spiro atoms. The summed E-state index contributed by atoms with van der Waals surface area (Å²) in [6.45, 7) is 3.54. The first kappa shape index (κ1) is 23.2. The fourth-order valence-corrected chi connectivity index (χ4v) is 5.07. The molecule has 0 aliphatic carbocycles. The standard InChI is InChI=1S/C22H26ClN3O4S/c1-15-12-18-13-20(8-9-21(18)26(15)16(2)27)31(29,30)25(3)14-22(28)24-11-10-17-4-6-19(23)7-5-17/h4-9,13,15H,10-12,14H2,1-3H3,(H,24,28). The molecule has 7 nitrogen and oxygen atoms in total. The Bertz CT molecular complexity index is 1090. The van der Waals surface area contributed by atoms with Gasteiger partial charge in [0.15, 0.2) is 0 Å². The van der Waals surface area contributed by atoms with Crippen molar-refractivity contribution < 1.29 is 18.0 Å². The molecule has 1 atom stereocenters. The largest absolute Gasteiger partial charge is 0.355 e. The van der Waals surface area contributed by atoms with E-state index in [1.807, 2.05) is 19.1 Å². The Hall–Kier alpha value is -2.42. The predicted molar refractivity (Wildman–Crippen MR) is 121 cm³/mol. The van der Waals surface area contributed by atoms with Crippen LogP contribution in [0.3, 0.4) is 0 Å². The lowest BCUT2D eigenvalue weighted by Gasteiger charge is -2.21. The van der Waals surface area contributed by atoms with Crippen LogP contribution in [0.15, 0.2) is 47.4 Å². The highest BCUT2D eigenvalue weighted by molar-refractivity contribution is 7.89. The molecule has 2 amide bonds. The first-order valence-corrected chi connectivity index (χ1v) is 11.8. The van der Waals surface area contributed by atoms with Crippen molar-refractivity contribution in [3.8, 4) is 0 Å². The zero-order valence-corrected chi connectivity index (χ0v) is 19.3. The third-order valence-corrected chi connectivity index (χ3v) is 7.38. The highest BCUT2D eigenvalue weighted by Crippen LogP contribution is 2.34. The van der Waals surface area contributed by atoms with Crippen molar-refractivity contribution in [3.05, 3.63) is 58.6 Å². The van der Waals surface area contributed by atoms with Crippen molar-refractivity contribution >= 4 is 39.1 Å². The lowest BCUT2D eigenvalue weighted by Crippen LogP contribution is -2.39. The summed E-state index contributed by atoms with van der Waals surface area (Å²) in [4.78, 5) is 25.9. The summed E-state index contributed by atoms with van der Waals surface area (Å²) in [5.74, 6) is -0.452. The van der Waals surface area contributed by atoms with Crippen molar-refractivity contribution in [2.24, 2.45) is 0 Å². The van der Waals surface area contributed by atoms with E-state index in [1.165, 1.54) is 20.0 Å². The van der Waals surface area contributed by atoms with Crippen molar-refractivity contribution in [2.45, 2.75) is 37.6 Å². The second-order valence-electron chi connectivity index (χ2n) is 7.72. The van der Waals surface area contributed by atoms with E-state index in [4.69, 9.17) is 11.6 Å². The van der Waals surface area contributed by atoms with Gasteiger partial charge in [0.1, 0.15) is 0 Å². The number of hydrogen-bond acceptors (Lipinski definition) is 4. The fraction of sp³-hybridized carbons (Fsp3) is 0.364. The van der Waals surface area contributed by atoms with Crippen LogP contribution in [0.5, 0.6) is 0 Å². The second-order valence-corrected chi connectivity index (χ2v) is 10.2. The number of carbonyl (C=O) groups is 2. The normalized spacial score (nSPS) is 15.8. The first-order chi connectivity index (χ1) is 14.6. The molecular formula is C22H26ClN3O4S. The number of nitrogens with zero attached hydrogens (tertiary/aromatic N) is 2. The van der Waals surface area contributed by atoms with Crippen LogP contribution in [0, 0.1) is 0 Å². The number of likely N-dealkylation sites (N-methyl/N-ethyl adjacent to an activating group) is 1. The molecule has 9 heteroatoms. The van der Waals surface area contributed by atoms with Crippen LogP contribution in [0.2, 0.25) is 5.02 Å². The van der Waals surface area contributed by atoms with E-state index in [0.717, 1.165) is 21.1 Å². The van der Waals surface area contributed by atoms with Gasteiger partial charge in [-0.25, -0.2) is 8.42 Å². The molecule has 0 saturated carbocycles. The molecule has 0 aromatic heterocycles. The molecule has 1 aliphatic heterocycles. The number of nitrogens with one attached hydrogen (secondary N) is 1. The molecule has 1 heterocycles. The minimum absolute atomic E-state index is 0.0189. The van der Waals surface area contributed by atoms with Crippen LogP contribution in [0.1, 0.15) is 25.0 Å². The number of anilines is 1. The van der Waals surface area contributed by atoms with Gasteiger partial charge in [-0.2, -0.15) is 4.31 Å². The summed E-state index contributed by atoms with van der Waals surface area (Å²) in [5, 5.41) is 3.39. The van der Waals surface area contributed by atoms with Crippen LogP contribution < -0.4 is 10.2 Å². The van der Waals surface area contributed by atoms with E-state index in [1.54, 1.807) is 29.2 Å². The highest BCUT2D eigenvalue weighted by atomic mass is 35.5. The minimum Gasteiger partial charge on any atom is -0.355 e. The number of amides is 2. The minimum atomic E-state index is -3.84. The van der Waals surface area contributed by atoms with E-state index in [-0.39, 0.29) is 29.3 Å². The molecule has 1 unspecified atom stereocenters. The molecule has 2 aromatic carbocycles. The quantitative estimate of drug-likeness (QED) is 0.683. The van der Waals surface area contributed by atoms with Crippen LogP contribution >= 0.6 is 11.6 Å². The zero-order valence-electron chi connectivity index (χ0n) is 17.8. The Morgan fingerprint density at radius 1 is 1.19 bits per heavy atom. The second kappa shape index (κ2) is 9.38. The average molecular weight is 464 g/mol. The third-order valence-electron chi connectivity index (χ3n) is 5.33. The maximum absolute atomic E-state index is 12.9. The fourth-order valence-electron chi connectivity index (χ4n) is 3.77. The summed E-state index contributed by atoms with van der Waals surface area (Å²) in [6, 6.07) is 12.1. The molecule has 0 saturated heterocycles. The van der Waals surface area contributed by atoms with Crippen molar-refractivity contribution in [1.29, 1.82) is 0 Å². The number of fused-ring (bicyclic) bond motifs is 1. The SMILES string of the molecule is CC(=O)N1c2ccc(S(=O)(=O)N(C)CC(=O)NCCc3ccc(Cl)cc3)cc2CC1C. The number of carbonyl (C=O) groups excluding carboxylic acids is 2. The maximum atomic E-state index is 12.9. The van der Waals surface area contributed by atoms with E-state index < -0.39 is 10.0 Å². The van der Waals surface area contributed by atoms with Gasteiger partial charge in [-0.1, -0.05) is 23.7 Å². The van der Waals surface area contributed by atoms with E-state index in [9.17, 15) is 18.0 Å². The molecule has 1 aliphatic rings. The molecular weight excluding hydrogens is 438 g/mol. The Morgan fingerprint density at radius 2 is 1.87 bits per heavy atom. The van der Waals surface area contributed by atoms with Crippen LogP contribution in [-0.4, -0.2) is 50.7 Å². The molecule has 0 radical (unpaired) electrons. The molecule has 31 heavy (non-hydrogen) atoms. The van der Waals surface area contributed by atoms with Crippen LogP contribution in [0.25, 0.3) is 0 Å². The average Bonchev–Trinajstić information content (AvgIpc) is 3.04. The Balaban J connectivity index is 1.61. The molecule has 166 valence electrons. The van der Waals surface area contributed by atoms with Crippen LogP contribution in [0.4, 0.5) is 5.69 Å². The monoisotopic (exact) mass is 463 g/mol. The summed E-state index contributed by atoms with van der Waals surface area (Å²) < 4.78 is 26.9. The van der Waals surface area contributed by atoms with E-state index >= 15 is 0 Å². The summed E-state index contributed by atoms with van der Waals surface area (Å²) in [5.41, 5.74) is 2.57. The molecule has 3 rings (SSSR count). The lowest BCUT2D eigenvalue weighted by atomic mass is 10.1. The molecule has 0 fully saturated rings. The van der Waals surface area contributed by atoms with Crippen molar-refractivity contribution in [2.75, 3.05) is 25.0 Å². The number of halogens is 1. The van der Waals surface area contributed by atoms with E-state index in [2.05, 4.69) is 5.32 Å². The third kappa shape index (κ3) is 5.26. The van der Waals surface area contributed by atoms with Gasteiger partial charge in [0, 0.05) is 37.3 Å². The van der Waals surface area contributed by atoms with Gasteiger partial charge in [-0.3, -0.25) is 9.59 Å². The number of sulfonamides is 1. The smallest absolute Gasteiger partial charge is 0.243 e. The molecule has 0 bridgehead atoms. The Labute approximate surface area is 188 Å². The number of benzene rings is 2. The number of rotatable bonds is 7. The summed E-state index contributed by atoms with van der Waals surface area (Å²) >= 11 is 5.86. The first-order valence-electron chi connectivity index (χ1n) is 10.00. The Kier molecular flexibility index (Phi) is 7.03. The summed E-state index contributed by atoms with van der Waals surface area (Å²) in [7, 11) is -2.46. The van der Waals surface area contributed by atoms with Gasteiger partial charge in [-0.05, 0) is 61.2 Å². The molecule has 1 N–H and O–H groups in total. The maximum Gasteiger partial charge on any atom is 0.243 e. The summed E-state index contributed by atoms with van der Waals surface area (Å²) in [6.07, 6.45) is 1.21. The van der Waals surface area contributed by atoms with E-state index in [0.29, 0.717) is 24.4 Å². The lowest BCUT2D eigenvalue weighted by molar-refractivity contribution is -0.121. The van der Waals surface area contributed by atoms with Gasteiger partial charge in [-0.15, -0.1) is 0 Å². The van der Waals surface area contributed by atoms with Gasteiger partial charge in [0.05, 0.1) is 11.4 Å². The van der Waals surface area contributed by atoms with Gasteiger partial charge >= 0.3 is 0 Å². The number of hydrogen-bond donors (Lipinski definition) is 1. The zero-order chi connectivity index (χ0) is 22.8. The van der Waals surface area contributed by atoms with Crippen molar-refractivity contribution in [3.63, 3.8) is 0 Å². The van der Waals surface area contributed by atoms with Crippen molar-refractivity contribution in [1.82, 2.24) is 9.62 Å². The molecule has 2 aromatic rings. The topological polar surface area (TPSA) is 86.8 Å². The highest BCUT2D eigenvalue weighted by Gasteiger charge is 2.31. The van der Waals surface area contributed by atoms with Gasteiger partial charge in [0.25, 0.3) is 0 Å². The van der Waals surface area contributed by atoms with Crippen LogP contribution in [-0.2, 0) is 32.5 Å². The Morgan fingerprint density at radius 3 is 2.52 bits per heavy atom.